The van der Waals surface area contributed by atoms with E-state index in [0.29, 0.717) is 19.6 Å². The molecule has 0 saturated heterocycles. The van der Waals surface area contributed by atoms with Gasteiger partial charge in [-0.25, -0.2) is 9.13 Å². The Morgan fingerprint density at radius 1 is 0.701 bits per heavy atom. The van der Waals surface area contributed by atoms with Crippen LogP contribution in [0, 0.1) is 49.4 Å². The minimum Gasteiger partial charge on any atom is -0.424 e. The molecule has 14 nitrogen and oxygen atoms in total. The number of hydrogen-bond acceptors (Lipinski definition) is 8. The van der Waals surface area contributed by atoms with Crippen molar-refractivity contribution >= 4 is 70.1 Å². The maximum Gasteiger partial charge on any atom is 0.313 e. The quantitative estimate of drug-likeness (QED) is 0.0863. The van der Waals surface area contributed by atoms with Crippen molar-refractivity contribution in [1.82, 2.24) is 23.6 Å². The maximum atomic E-state index is 13.5. The summed E-state index contributed by atoms with van der Waals surface area (Å²) in [6.07, 6.45) is 11.2. The molecule has 6 aromatic rings. The van der Waals surface area contributed by atoms with Crippen LogP contribution < -0.4 is 20.2 Å². The lowest BCUT2D eigenvalue weighted by Crippen LogP contribution is -2.41. The Morgan fingerprint density at radius 3 is 1.49 bits per heavy atom. The number of imidazole rings is 2. The number of carbonyl (C=O) groups is 4. The second-order valence-corrected chi connectivity index (χ2v) is 18.6. The lowest BCUT2D eigenvalue weighted by molar-refractivity contribution is -0.733. The van der Waals surface area contributed by atoms with E-state index in [4.69, 9.17) is 15.2 Å². The van der Waals surface area contributed by atoms with Crippen molar-refractivity contribution in [2.24, 2.45) is 55.3 Å². The van der Waals surface area contributed by atoms with Gasteiger partial charge in [0, 0.05) is 85.4 Å². The molecule has 362 valence electrons. The first-order chi connectivity index (χ1) is 31.2. The third-order valence-electron chi connectivity index (χ3n) is 14.1. The van der Waals surface area contributed by atoms with E-state index in [9.17, 15) is 19.2 Å². The minimum atomic E-state index is -0.298. The fourth-order valence-corrected chi connectivity index (χ4v) is 9.82. The number of nitrogens with one attached hydrogen (secondary N) is 1. The van der Waals surface area contributed by atoms with Gasteiger partial charge in [0.25, 0.3) is 11.6 Å². The van der Waals surface area contributed by atoms with Crippen LogP contribution >= 0.6 is 24.8 Å². The predicted octanol–water partition coefficient (Wildman–Crippen LogP) is 6.61. The SMILES string of the molecule is CNCC(C(=O)OC[n+]1ccn(CC2CCc3c(c4ccccc4n3C)C2=O)c1C)C(C)C.Cc1n(CC2CCc3c(c4ccccc4n3C)C2=O)cc[n+]1COC(=O)C(CN)C(C)C.Cl.Cl. The fourth-order valence-electron chi connectivity index (χ4n) is 9.82. The number of fused-ring (bicyclic) bond motifs is 6. The number of nitrogens with zero attached hydrogens (tertiary/aromatic N) is 6. The number of para-hydroxylation sites is 2. The second-order valence-electron chi connectivity index (χ2n) is 18.6. The van der Waals surface area contributed by atoms with E-state index in [2.05, 4.69) is 48.8 Å². The Labute approximate surface area is 406 Å². The van der Waals surface area contributed by atoms with Crippen molar-refractivity contribution in [2.45, 2.75) is 93.8 Å². The molecule has 0 radical (unpaired) electrons. The zero-order valence-electron chi connectivity index (χ0n) is 40.5. The number of rotatable bonds is 15. The van der Waals surface area contributed by atoms with Crippen LogP contribution in [0.5, 0.6) is 0 Å². The highest BCUT2D eigenvalue weighted by Gasteiger charge is 2.36. The highest BCUT2D eigenvalue weighted by Crippen LogP contribution is 2.36. The number of esters is 2. The maximum absolute atomic E-state index is 13.5. The van der Waals surface area contributed by atoms with E-state index in [1.165, 1.54) is 0 Å². The summed E-state index contributed by atoms with van der Waals surface area (Å²) in [6, 6.07) is 16.3. The number of carbonyl (C=O) groups excluding carboxylic acids is 4. The molecule has 0 aliphatic heterocycles. The number of ether oxygens (including phenoxy) is 2. The summed E-state index contributed by atoms with van der Waals surface area (Å²) in [5.74, 6) is 1.64. The molecule has 0 spiro atoms. The Balaban J connectivity index is 0.000000244. The summed E-state index contributed by atoms with van der Waals surface area (Å²) >= 11 is 0. The highest BCUT2D eigenvalue weighted by molar-refractivity contribution is 6.12. The smallest absolute Gasteiger partial charge is 0.313 e. The first-order valence-corrected chi connectivity index (χ1v) is 23.2. The Kier molecular flexibility index (Phi) is 17.8. The van der Waals surface area contributed by atoms with Crippen molar-refractivity contribution < 1.29 is 37.8 Å². The largest absolute Gasteiger partial charge is 0.424 e. The summed E-state index contributed by atoms with van der Waals surface area (Å²) in [7, 11) is 5.94. The van der Waals surface area contributed by atoms with Crippen LogP contribution in [0.25, 0.3) is 21.8 Å². The van der Waals surface area contributed by atoms with Gasteiger partial charge in [-0.1, -0.05) is 64.1 Å². The van der Waals surface area contributed by atoms with Crippen LogP contribution in [0.2, 0.25) is 0 Å². The summed E-state index contributed by atoms with van der Waals surface area (Å²) in [4.78, 5) is 51.8. The topological polar surface area (TPSA) is 152 Å². The van der Waals surface area contributed by atoms with Crippen molar-refractivity contribution in [3.05, 3.63) is 107 Å². The molecule has 2 aromatic carbocycles. The van der Waals surface area contributed by atoms with E-state index >= 15 is 0 Å². The molecule has 4 heterocycles. The molecule has 67 heavy (non-hydrogen) atoms. The molecular weight excluding hydrogens is 892 g/mol. The first kappa shape index (κ1) is 52.7. The number of benzene rings is 2. The number of aromatic nitrogens is 6. The third kappa shape index (κ3) is 10.7. The van der Waals surface area contributed by atoms with Crippen LogP contribution in [0.3, 0.4) is 0 Å². The van der Waals surface area contributed by atoms with Gasteiger partial charge in [0.1, 0.15) is 37.9 Å². The number of hydrogen-bond donors (Lipinski definition) is 2. The number of Topliss-reactive ketones (excluding diaryl/α,β-unsaturated/α-hetero) is 2. The summed E-state index contributed by atoms with van der Waals surface area (Å²) in [5, 5.41) is 5.17. The van der Waals surface area contributed by atoms with Gasteiger partial charge in [-0.3, -0.25) is 19.2 Å². The average Bonchev–Trinajstić information content (AvgIpc) is 4.00. The zero-order chi connectivity index (χ0) is 46.7. The van der Waals surface area contributed by atoms with Crippen molar-refractivity contribution in [3.63, 3.8) is 0 Å². The van der Waals surface area contributed by atoms with Crippen LogP contribution in [0.1, 0.15) is 84.3 Å². The monoisotopic (exact) mass is 960 g/mol. The molecule has 2 aliphatic rings. The summed E-state index contributed by atoms with van der Waals surface area (Å²) in [6.45, 7) is 14.4. The highest BCUT2D eigenvalue weighted by atomic mass is 35.5. The normalized spacial score (nSPS) is 16.5. The average molecular weight is 962 g/mol. The van der Waals surface area contributed by atoms with E-state index in [0.717, 1.165) is 81.7 Å². The van der Waals surface area contributed by atoms with E-state index in [1.54, 1.807) is 0 Å². The van der Waals surface area contributed by atoms with Crippen molar-refractivity contribution in [2.75, 3.05) is 20.1 Å². The fraction of sp³-hybridized carbons (Fsp3) is 0.490. The molecule has 2 aliphatic carbocycles. The lowest BCUT2D eigenvalue weighted by Gasteiger charge is -2.21. The third-order valence-corrected chi connectivity index (χ3v) is 14.1. The van der Waals surface area contributed by atoms with Crippen LogP contribution in [-0.4, -0.2) is 61.9 Å². The molecule has 4 aromatic heterocycles. The lowest BCUT2D eigenvalue weighted by atomic mass is 9.85. The van der Waals surface area contributed by atoms with Gasteiger partial charge in [-0.05, 0) is 56.7 Å². The molecule has 8 rings (SSSR count). The van der Waals surface area contributed by atoms with Crippen LogP contribution in [0.15, 0.2) is 73.3 Å². The van der Waals surface area contributed by atoms with Gasteiger partial charge in [-0.2, -0.15) is 9.13 Å². The van der Waals surface area contributed by atoms with Crippen molar-refractivity contribution in [1.29, 1.82) is 0 Å². The molecule has 0 amide bonds. The molecule has 4 unspecified atom stereocenters. The van der Waals surface area contributed by atoms with Crippen molar-refractivity contribution in [3.8, 4) is 0 Å². The number of nitrogens with two attached hydrogens (primary N) is 1. The Bertz CT molecular complexity index is 2710. The van der Waals surface area contributed by atoms with Crippen LogP contribution in [-0.2, 0) is 72.6 Å². The summed E-state index contributed by atoms with van der Waals surface area (Å²) in [5.41, 5.74) is 12.0. The van der Waals surface area contributed by atoms with Gasteiger partial charge in [0.05, 0.1) is 23.7 Å². The first-order valence-electron chi connectivity index (χ1n) is 23.2. The molecule has 4 atom stereocenters. The van der Waals surface area contributed by atoms with Gasteiger partial charge in [0.2, 0.25) is 13.5 Å². The molecule has 16 heteroatoms. The van der Waals surface area contributed by atoms with Crippen LogP contribution in [0.4, 0.5) is 0 Å². The molecule has 0 saturated carbocycles. The standard InChI is InChI=1S/C26H35N4O3.C25H33N4O3.2ClH/c1-17(2)21(14-27-4)26(32)33-16-30-13-12-29(18(30)3)15-19-10-11-23-24(25(19)31)20-8-6-7-9-22(20)28(23)5;1-16(2)20(13-26)25(31)32-15-29-12-11-28(17(29)3)14-18-9-10-22-23(24(18)30)19-7-5-6-8-21(19)27(22)4;;/h6-9,12-13,17,19,21,27H,10-11,14-16H2,1-5H3;5-8,11-12,16,18,20H,9-10,13-15,26H2,1-4H3;2*1H/q2*+1;;. The zero-order valence-corrected chi connectivity index (χ0v) is 42.1. The second kappa shape index (κ2) is 22.7. The molecule has 0 fully saturated rings. The molecule has 0 bridgehead atoms. The van der Waals surface area contributed by atoms with E-state index in [1.807, 2.05) is 120 Å². The Hall–Kier alpha value is -5.28. The predicted molar refractivity (Wildman–Crippen MR) is 263 cm³/mol. The molecule has 3 N–H and O–H groups in total. The number of aryl methyl sites for hydroxylation is 2. The van der Waals surface area contributed by atoms with Gasteiger partial charge in [-0.15, -0.1) is 24.8 Å². The van der Waals surface area contributed by atoms with Gasteiger partial charge in [0.15, 0.2) is 11.6 Å². The van der Waals surface area contributed by atoms with Gasteiger partial charge >= 0.3 is 11.9 Å². The minimum absolute atomic E-state index is 0. The summed E-state index contributed by atoms with van der Waals surface area (Å²) < 4.78 is 23.4. The van der Waals surface area contributed by atoms with E-state index < -0.39 is 0 Å². The number of halogens is 2. The Morgan fingerprint density at radius 2 is 1.10 bits per heavy atom. The molecular formula is C51H70Cl2N8O6+2. The van der Waals surface area contributed by atoms with Gasteiger partial charge < -0.3 is 29.7 Å². The number of ketones is 2. The van der Waals surface area contributed by atoms with E-state index in [-0.39, 0.29) is 104 Å².